The van der Waals surface area contributed by atoms with Crippen molar-refractivity contribution in [2.45, 2.75) is 19.3 Å². The number of halogens is 1. The van der Waals surface area contributed by atoms with Crippen LogP contribution in [0.2, 0.25) is 0 Å². The maximum Gasteiger partial charge on any atom is 0.251 e. The van der Waals surface area contributed by atoms with Crippen molar-refractivity contribution >= 4 is 11.7 Å². The number of hydrogen-bond donors (Lipinski definition) is 2. The summed E-state index contributed by atoms with van der Waals surface area (Å²) < 4.78 is 13.6. The van der Waals surface area contributed by atoms with Gasteiger partial charge in [0.05, 0.1) is 0 Å². The zero-order chi connectivity index (χ0) is 19.6. The van der Waals surface area contributed by atoms with Gasteiger partial charge in [-0.2, -0.15) is 0 Å². The molecule has 0 atom stereocenters. The van der Waals surface area contributed by atoms with Gasteiger partial charge < -0.3 is 10.6 Å². The van der Waals surface area contributed by atoms with Crippen LogP contribution < -0.4 is 10.6 Å². The van der Waals surface area contributed by atoms with Gasteiger partial charge in [0, 0.05) is 24.8 Å². The lowest BCUT2D eigenvalue weighted by Gasteiger charge is -2.09. The van der Waals surface area contributed by atoms with Crippen LogP contribution in [-0.4, -0.2) is 24.0 Å². The molecule has 3 aromatic rings. The molecule has 3 rings (SSSR count). The number of nitrogens with one attached hydrogen (secondary N) is 2. The third-order valence-electron chi connectivity index (χ3n) is 4.45. The van der Waals surface area contributed by atoms with E-state index in [2.05, 4.69) is 27.8 Å². The molecule has 4 nitrogen and oxygen atoms in total. The molecule has 2 aromatic carbocycles. The molecule has 0 aliphatic carbocycles. The first-order chi connectivity index (χ1) is 13.7. The Labute approximate surface area is 164 Å². The van der Waals surface area contributed by atoms with Gasteiger partial charge in [-0.05, 0) is 48.6 Å². The topological polar surface area (TPSA) is 54.0 Å². The Bertz CT molecular complexity index is 899. The molecular weight excluding hydrogens is 353 g/mol. The number of carbonyl (C=O) groups excluding carboxylic acids is 1. The highest BCUT2D eigenvalue weighted by atomic mass is 19.1. The van der Waals surface area contributed by atoms with E-state index in [4.69, 9.17) is 0 Å². The van der Waals surface area contributed by atoms with Crippen molar-refractivity contribution in [2.75, 3.05) is 18.4 Å². The summed E-state index contributed by atoms with van der Waals surface area (Å²) in [7, 11) is 0. The van der Waals surface area contributed by atoms with Gasteiger partial charge in [-0.1, -0.05) is 48.5 Å². The van der Waals surface area contributed by atoms with Crippen LogP contribution in [0.5, 0.6) is 0 Å². The van der Waals surface area contributed by atoms with Crippen molar-refractivity contribution in [1.29, 1.82) is 0 Å². The van der Waals surface area contributed by atoms with Crippen LogP contribution >= 0.6 is 0 Å². The van der Waals surface area contributed by atoms with Gasteiger partial charge in [0.1, 0.15) is 11.6 Å². The second-order valence-electron chi connectivity index (χ2n) is 6.54. The highest BCUT2D eigenvalue weighted by Gasteiger charge is 2.07. The predicted molar refractivity (Wildman–Crippen MR) is 110 cm³/mol. The van der Waals surface area contributed by atoms with Crippen molar-refractivity contribution < 1.29 is 9.18 Å². The normalized spacial score (nSPS) is 10.5. The third kappa shape index (κ3) is 5.91. The van der Waals surface area contributed by atoms with Gasteiger partial charge in [-0.15, -0.1) is 0 Å². The van der Waals surface area contributed by atoms with Crippen molar-refractivity contribution in [3.05, 3.63) is 95.4 Å². The monoisotopic (exact) mass is 377 g/mol. The number of rotatable bonds is 9. The Balaban J connectivity index is 1.44. The summed E-state index contributed by atoms with van der Waals surface area (Å²) in [6, 6.07) is 20.3. The summed E-state index contributed by atoms with van der Waals surface area (Å²) >= 11 is 0. The number of pyridine rings is 1. The number of anilines is 1. The average Bonchev–Trinajstić information content (AvgIpc) is 2.73. The van der Waals surface area contributed by atoms with Crippen LogP contribution in [0.4, 0.5) is 10.2 Å². The summed E-state index contributed by atoms with van der Waals surface area (Å²) in [6.45, 7) is 1.15. The molecule has 0 bridgehead atoms. The Morgan fingerprint density at radius 2 is 1.71 bits per heavy atom. The third-order valence-corrected chi connectivity index (χ3v) is 4.45. The molecule has 0 fully saturated rings. The maximum atomic E-state index is 13.6. The minimum atomic E-state index is -0.248. The van der Waals surface area contributed by atoms with Crippen molar-refractivity contribution in [3.63, 3.8) is 0 Å². The van der Waals surface area contributed by atoms with E-state index in [-0.39, 0.29) is 11.7 Å². The standard InChI is InChI=1S/C23H24FN3O/c24-21-11-5-4-10-19(21)12-16-27-23(28)20-13-15-26-22(17-20)25-14-6-9-18-7-2-1-3-8-18/h1-5,7-8,10-11,13,15,17H,6,9,12,14,16H2,(H,25,26)(H,27,28). The molecule has 1 aromatic heterocycles. The van der Waals surface area contributed by atoms with Crippen LogP contribution in [0.25, 0.3) is 0 Å². The first-order valence-corrected chi connectivity index (χ1v) is 9.48. The largest absolute Gasteiger partial charge is 0.370 e. The molecule has 0 aliphatic heterocycles. The highest BCUT2D eigenvalue weighted by molar-refractivity contribution is 5.94. The van der Waals surface area contributed by atoms with Gasteiger partial charge in [0.25, 0.3) is 5.91 Å². The SMILES string of the molecule is O=C(NCCc1ccccc1F)c1ccnc(NCCCc2ccccc2)c1. The van der Waals surface area contributed by atoms with Crippen LogP contribution in [0.3, 0.4) is 0 Å². The van der Waals surface area contributed by atoms with E-state index in [1.54, 1.807) is 36.5 Å². The Hall–Kier alpha value is -3.21. The number of aryl methyl sites for hydroxylation is 1. The summed E-state index contributed by atoms with van der Waals surface area (Å²) in [5.41, 5.74) is 2.44. The van der Waals surface area contributed by atoms with Crippen LogP contribution in [0.15, 0.2) is 72.9 Å². The number of carbonyl (C=O) groups is 1. The second-order valence-corrected chi connectivity index (χ2v) is 6.54. The molecule has 28 heavy (non-hydrogen) atoms. The fourth-order valence-corrected chi connectivity index (χ4v) is 2.94. The molecule has 1 amide bonds. The minimum Gasteiger partial charge on any atom is -0.370 e. The lowest BCUT2D eigenvalue weighted by molar-refractivity contribution is 0.0954. The molecule has 0 aliphatic rings. The zero-order valence-electron chi connectivity index (χ0n) is 15.7. The molecule has 0 saturated carbocycles. The van der Waals surface area contributed by atoms with Gasteiger partial charge in [-0.3, -0.25) is 4.79 Å². The number of aromatic nitrogens is 1. The summed E-state index contributed by atoms with van der Waals surface area (Å²) in [6.07, 6.45) is 4.04. The summed E-state index contributed by atoms with van der Waals surface area (Å²) in [5, 5.41) is 6.09. The van der Waals surface area contributed by atoms with E-state index >= 15 is 0 Å². The van der Waals surface area contributed by atoms with E-state index < -0.39 is 0 Å². The Morgan fingerprint density at radius 3 is 2.54 bits per heavy atom. The molecule has 0 saturated heterocycles. The smallest absolute Gasteiger partial charge is 0.251 e. The van der Waals surface area contributed by atoms with Crippen LogP contribution in [0, 0.1) is 5.82 Å². The maximum absolute atomic E-state index is 13.6. The molecule has 0 spiro atoms. The van der Waals surface area contributed by atoms with Crippen molar-refractivity contribution in [2.24, 2.45) is 0 Å². The zero-order valence-corrected chi connectivity index (χ0v) is 15.7. The van der Waals surface area contributed by atoms with E-state index in [0.29, 0.717) is 29.9 Å². The van der Waals surface area contributed by atoms with Gasteiger partial charge in [0.2, 0.25) is 0 Å². The van der Waals surface area contributed by atoms with E-state index in [9.17, 15) is 9.18 Å². The van der Waals surface area contributed by atoms with Crippen LogP contribution in [0.1, 0.15) is 27.9 Å². The first kappa shape index (κ1) is 19.5. The molecule has 1 heterocycles. The summed E-state index contributed by atoms with van der Waals surface area (Å²) in [5.74, 6) is 0.239. The van der Waals surface area contributed by atoms with Crippen molar-refractivity contribution in [3.8, 4) is 0 Å². The fraction of sp³-hybridized carbons (Fsp3) is 0.217. The number of nitrogens with zero attached hydrogens (tertiary/aromatic N) is 1. The molecule has 2 N–H and O–H groups in total. The quantitative estimate of drug-likeness (QED) is 0.549. The van der Waals surface area contributed by atoms with Gasteiger partial charge >= 0.3 is 0 Å². The lowest BCUT2D eigenvalue weighted by Crippen LogP contribution is -2.26. The molecule has 5 heteroatoms. The predicted octanol–water partition coefficient (Wildman–Crippen LogP) is 4.24. The van der Waals surface area contributed by atoms with Gasteiger partial charge in [-0.25, -0.2) is 9.37 Å². The minimum absolute atomic E-state index is 0.189. The fourth-order valence-electron chi connectivity index (χ4n) is 2.94. The number of hydrogen-bond acceptors (Lipinski definition) is 3. The van der Waals surface area contributed by atoms with E-state index in [0.717, 1.165) is 19.4 Å². The van der Waals surface area contributed by atoms with Crippen LogP contribution in [-0.2, 0) is 12.8 Å². The molecule has 0 unspecified atom stereocenters. The average molecular weight is 377 g/mol. The summed E-state index contributed by atoms with van der Waals surface area (Å²) in [4.78, 5) is 16.6. The van der Waals surface area contributed by atoms with Crippen molar-refractivity contribution in [1.82, 2.24) is 10.3 Å². The molecule has 144 valence electrons. The Morgan fingerprint density at radius 1 is 0.929 bits per heavy atom. The van der Waals surface area contributed by atoms with Gasteiger partial charge in [0.15, 0.2) is 0 Å². The van der Waals surface area contributed by atoms with E-state index in [1.165, 1.54) is 11.6 Å². The highest BCUT2D eigenvalue weighted by Crippen LogP contribution is 2.09. The second kappa shape index (κ2) is 10.2. The Kier molecular flexibility index (Phi) is 7.13. The van der Waals surface area contributed by atoms with E-state index in [1.807, 2.05) is 18.2 Å². The first-order valence-electron chi connectivity index (χ1n) is 9.48. The number of benzene rings is 2. The molecular formula is C23H24FN3O. The number of amides is 1. The lowest BCUT2D eigenvalue weighted by atomic mass is 10.1. The molecule has 0 radical (unpaired) electrons.